The molecule has 33 heavy (non-hydrogen) atoms. The number of hydrogen-bond donors (Lipinski definition) is 3. The first-order chi connectivity index (χ1) is 15.5. The van der Waals surface area contributed by atoms with Crippen LogP contribution < -0.4 is 16.8 Å². The third kappa shape index (κ3) is 7.14. The molecule has 1 aliphatic rings. The van der Waals surface area contributed by atoms with Crippen LogP contribution in [0.25, 0.3) is 0 Å². The summed E-state index contributed by atoms with van der Waals surface area (Å²) in [5.74, 6) is -0.655. The van der Waals surface area contributed by atoms with Gasteiger partial charge in [-0.1, -0.05) is 45.2 Å². The molecular weight excluding hydrogens is 438 g/mol. The minimum absolute atomic E-state index is 0.0114. The third-order valence-corrected chi connectivity index (χ3v) is 7.71. The minimum Gasteiger partial charge on any atom is -0.370 e. The maximum absolute atomic E-state index is 13.5. The maximum atomic E-state index is 13.5. The zero-order chi connectivity index (χ0) is 24.6. The molecule has 2 amide bonds. The molecular formula is C25H37N3O4S. The van der Waals surface area contributed by atoms with Crippen LogP contribution in [0, 0.1) is 11.3 Å². The molecule has 1 aliphatic carbocycles. The number of carbonyl (C=O) groups excluding carboxylic acids is 4. The molecule has 0 radical (unpaired) electrons. The fourth-order valence-electron chi connectivity index (χ4n) is 4.23. The lowest BCUT2D eigenvalue weighted by atomic mass is 9.69. The predicted molar refractivity (Wildman–Crippen MR) is 132 cm³/mol. The fourth-order valence-corrected chi connectivity index (χ4v) is 5.23. The summed E-state index contributed by atoms with van der Waals surface area (Å²) in [4.78, 5) is 50.4. The van der Waals surface area contributed by atoms with Crippen LogP contribution in [-0.4, -0.2) is 28.3 Å². The summed E-state index contributed by atoms with van der Waals surface area (Å²) in [5, 5.41) is 2.49. The number of amides is 2. The average Bonchev–Trinajstić information content (AvgIpc) is 2.77. The fraction of sp³-hybridized carbons (Fsp3) is 0.600. The first-order valence-corrected chi connectivity index (χ1v) is 12.5. The number of carbonyl (C=O) groups is 4. The Bertz CT molecular complexity index is 880. The molecule has 1 unspecified atom stereocenters. The lowest BCUT2D eigenvalue weighted by Crippen LogP contribution is -2.53. The normalized spacial score (nSPS) is 17.2. The number of nitrogens with one attached hydrogen (secondary N) is 1. The molecule has 0 aliphatic heterocycles. The van der Waals surface area contributed by atoms with Crippen molar-refractivity contribution in [2.24, 2.45) is 22.8 Å². The van der Waals surface area contributed by atoms with Crippen LogP contribution in [0.2, 0.25) is 0 Å². The summed E-state index contributed by atoms with van der Waals surface area (Å²) in [6, 6.07) is 7.02. The van der Waals surface area contributed by atoms with Gasteiger partial charge in [0.2, 0.25) is 16.9 Å². The van der Waals surface area contributed by atoms with Gasteiger partial charge in [-0.2, -0.15) is 0 Å². The number of hydrogen-bond acceptors (Lipinski definition) is 6. The summed E-state index contributed by atoms with van der Waals surface area (Å²) < 4.78 is 0. The van der Waals surface area contributed by atoms with Crippen LogP contribution in [0.3, 0.4) is 0 Å². The number of benzene rings is 1. The summed E-state index contributed by atoms with van der Waals surface area (Å²) in [6.07, 6.45) is 6.45. The number of Topliss-reactive ketones (excluding diaryl/α,β-unsaturated/α-hetero) is 1. The van der Waals surface area contributed by atoms with E-state index < -0.39 is 27.8 Å². The van der Waals surface area contributed by atoms with Gasteiger partial charge in [-0.25, -0.2) is 0 Å². The zero-order valence-corrected chi connectivity index (χ0v) is 20.8. The highest BCUT2D eigenvalue weighted by Gasteiger charge is 2.41. The maximum Gasteiger partial charge on any atom is 0.230 e. The number of rotatable bonds is 11. The monoisotopic (exact) mass is 475 g/mol. The second-order valence-electron chi connectivity index (χ2n) is 9.61. The van der Waals surface area contributed by atoms with Crippen LogP contribution in [0.4, 0.5) is 5.69 Å². The van der Waals surface area contributed by atoms with Gasteiger partial charge in [0, 0.05) is 16.7 Å². The smallest absolute Gasteiger partial charge is 0.230 e. The van der Waals surface area contributed by atoms with Gasteiger partial charge in [0.1, 0.15) is 5.54 Å². The number of thioether (sulfide) groups is 1. The molecule has 1 aromatic rings. The van der Waals surface area contributed by atoms with Crippen LogP contribution >= 0.6 is 11.8 Å². The van der Waals surface area contributed by atoms with E-state index in [-0.39, 0.29) is 18.7 Å². The summed E-state index contributed by atoms with van der Waals surface area (Å²) in [6.45, 7) is 5.56. The van der Waals surface area contributed by atoms with Crippen molar-refractivity contribution in [3.8, 4) is 0 Å². The van der Waals surface area contributed by atoms with Crippen molar-refractivity contribution < 1.29 is 19.2 Å². The van der Waals surface area contributed by atoms with E-state index in [2.05, 4.69) is 19.2 Å². The Kier molecular flexibility index (Phi) is 9.67. The Morgan fingerprint density at radius 2 is 1.76 bits per heavy atom. The van der Waals surface area contributed by atoms with E-state index in [0.29, 0.717) is 16.5 Å². The van der Waals surface area contributed by atoms with Gasteiger partial charge in [-0.05, 0) is 68.8 Å². The molecule has 1 atom stereocenters. The number of para-hydroxylation sites is 1. The Labute approximate surface area is 200 Å². The van der Waals surface area contributed by atoms with Crippen molar-refractivity contribution in [3.63, 3.8) is 0 Å². The summed E-state index contributed by atoms with van der Waals surface area (Å²) in [7, 11) is 0. The number of primary amides is 1. The van der Waals surface area contributed by atoms with Crippen LogP contribution in [0.1, 0.15) is 78.6 Å². The molecule has 0 saturated heterocycles. The molecule has 1 aromatic carbocycles. The van der Waals surface area contributed by atoms with Gasteiger partial charge in [-0.3, -0.25) is 19.2 Å². The number of nitrogens with two attached hydrogens (primary N) is 2. The Hall–Kier alpha value is -2.19. The molecule has 0 bridgehead atoms. The molecule has 1 fully saturated rings. The molecule has 0 aromatic heterocycles. The summed E-state index contributed by atoms with van der Waals surface area (Å²) in [5.41, 5.74) is 9.61. The first-order valence-electron chi connectivity index (χ1n) is 11.7. The molecule has 1 saturated carbocycles. The largest absolute Gasteiger partial charge is 0.370 e. The Morgan fingerprint density at radius 1 is 1.12 bits per heavy atom. The van der Waals surface area contributed by atoms with Crippen LogP contribution in [0.5, 0.6) is 0 Å². The molecule has 0 heterocycles. The quantitative estimate of drug-likeness (QED) is 0.325. The van der Waals surface area contributed by atoms with Gasteiger partial charge < -0.3 is 16.8 Å². The summed E-state index contributed by atoms with van der Waals surface area (Å²) >= 11 is 0.811. The van der Waals surface area contributed by atoms with Gasteiger partial charge >= 0.3 is 0 Å². The average molecular weight is 476 g/mol. The van der Waals surface area contributed by atoms with Crippen molar-refractivity contribution in [3.05, 3.63) is 24.3 Å². The van der Waals surface area contributed by atoms with Crippen LogP contribution in [-0.2, 0) is 19.2 Å². The van der Waals surface area contributed by atoms with E-state index in [1.54, 1.807) is 24.3 Å². The SMILES string of the molecule is CC(=O)C(N)(CCC(N)=O)C(=O)Sc1ccccc1NC(=O)C1(CCC(C)C)CCCCC1. The van der Waals surface area contributed by atoms with Crippen molar-refractivity contribution in [1.29, 1.82) is 0 Å². The lowest BCUT2D eigenvalue weighted by molar-refractivity contribution is -0.130. The second kappa shape index (κ2) is 11.8. The highest BCUT2D eigenvalue weighted by atomic mass is 32.2. The van der Waals surface area contributed by atoms with Crippen molar-refractivity contribution in [2.75, 3.05) is 5.32 Å². The Morgan fingerprint density at radius 3 is 2.33 bits per heavy atom. The van der Waals surface area contributed by atoms with Crippen LogP contribution in [0.15, 0.2) is 29.2 Å². The molecule has 2 rings (SSSR count). The molecule has 8 heteroatoms. The molecule has 5 N–H and O–H groups in total. The van der Waals surface area contributed by atoms with Gasteiger partial charge in [0.15, 0.2) is 5.78 Å². The number of anilines is 1. The first kappa shape index (κ1) is 27.1. The highest BCUT2D eigenvalue weighted by Crippen LogP contribution is 2.43. The highest BCUT2D eigenvalue weighted by molar-refractivity contribution is 8.14. The second-order valence-corrected chi connectivity index (χ2v) is 10.6. The molecule has 0 spiro atoms. The van der Waals surface area contributed by atoms with E-state index >= 15 is 0 Å². The minimum atomic E-state index is -1.82. The predicted octanol–water partition coefficient (Wildman–Crippen LogP) is 4.18. The number of ketones is 1. The Balaban J connectivity index is 2.23. The standard InChI is InChI=1S/C25H37N3O4S/c1-17(2)11-15-24(13-7-4-8-14-24)22(31)28-19-9-5-6-10-20(19)33-23(32)25(27,18(3)29)16-12-21(26)30/h5-6,9-10,17H,4,7-8,11-16,27H2,1-3H3,(H2,26,30)(H,28,31). The van der Waals surface area contributed by atoms with Crippen molar-refractivity contribution >= 4 is 40.2 Å². The van der Waals surface area contributed by atoms with E-state index in [4.69, 9.17) is 11.5 Å². The van der Waals surface area contributed by atoms with Gasteiger partial charge in [0.05, 0.1) is 5.69 Å². The zero-order valence-electron chi connectivity index (χ0n) is 19.9. The topological polar surface area (TPSA) is 132 Å². The van der Waals surface area contributed by atoms with E-state index in [9.17, 15) is 19.2 Å². The van der Waals surface area contributed by atoms with E-state index in [1.807, 2.05) is 0 Å². The van der Waals surface area contributed by atoms with Crippen molar-refractivity contribution in [2.45, 2.75) is 89.0 Å². The van der Waals surface area contributed by atoms with Gasteiger partial charge in [-0.15, -0.1) is 0 Å². The molecule has 182 valence electrons. The molecule has 7 nitrogen and oxygen atoms in total. The van der Waals surface area contributed by atoms with E-state index in [0.717, 1.165) is 56.7 Å². The van der Waals surface area contributed by atoms with Gasteiger partial charge in [0.25, 0.3) is 0 Å². The third-order valence-electron chi connectivity index (χ3n) is 6.59. The lowest BCUT2D eigenvalue weighted by Gasteiger charge is -2.36. The van der Waals surface area contributed by atoms with Crippen molar-refractivity contribution in [1.82, 2.24) is 0 Å². The van der Waals surface area contributed by atoms with E-state index in [1.165, 1.54) is 6.92 Å².